The van der Waals surface area contributed by atoms with Crippen LogP contribution in [0.15, 0.2) is 46.6 Å². The normalized spacial score (nSPS) is 13.7. The van der Waals surface area contributed by atoms with Crippen molar-refractivity contribution in [2.45, 2.75) is 86.0 Å². The van der Waals surface area contributed by atoms with E-state index >= 15 is 0 Å². The number of esters is 1. The van der Waals surface area contributed by atoms with Gasteiger partial charge in [-0.05, 0) is 79.6 Å². The van der Waals surface area contributed by atoms with Crippen molar-refractivity contribution in [2.75, 3.05) is 20.8 Å². The Morgan fingerprint density at radius 1 is 0.710 bits per heavy atom. The van der Waals surface area contributed by atoms with Crippen molar-refractivity contribution < 1.29 is 19.1 Å². The van der Waals surface area contributed by atoms with Gasteiger partial charge in [-0.2, -0.15) is 0 Å². The van der Waals surface area contributed by atoms with Gasteiger partial charge in [0.1, 0.15) is 11.7 Å². The van der Waals surface area contributed by atoms with E-state index < -0.39 is 11.9 Å². The average Bonchev–Trinajstić information content (AvgIpc) is 2.71. The number of hydrogen-bond donors (Lipinski definition) is 0. The van der Waals surface area contributed by atoms with Crippen molar-refractivity contribution in [1.29, 1.82) is 0 Å². The molecule has 31 heavy (non-hydrogen) atoms. The van der Waals surface area contributed by atoms with Crippen LogP contribution in [-0.2, 0) is 19.1 Å². The van der Waals surface area contributed by atoms with Gasteiger partial charge in [0.2, 0.25) is 0 Å². The quantitative estimate of drug-likeness (QED) is 0.151. The van der Waals surface area contributed by atoms with Gasteiger partial charge < -0.3 is 9.47 Å². The predicted octanol–water partition coefficient (Wildman–Crippen LogP) is 6.92. The molecule has 0 N–H and O–H groups in total. The van der Waals surface area contributed by atoms with Crippen LogP contribution < -0.4 is 0 Å². The molecule has 0 spiro atoms. The number of rotatable bonds is 16. The van der Waals surface area contributed by atoms with Gasteiger partial charge in [0.05, 0.1) is 13.7 Å². The number of carbonyl (C=O) groups is 2. The summed E-state index contributed by atoms with van der Waals surface area (Å²) in [6.07, 6.45) is 15.9. The summed E-state index contributed by atoms with van der Waals surface area (Å²) in [6, 6.07) is 0. The van der Waals surface area contributed by atoms with Gasteiger partial charge in [-0.1, -0.05) is 46.6 Å². The molecule has 4 heteroatoms. The monoisotopic (exact) mass is 432 g/mol. The van der Waals surface area contributed by atoms with Gasteiger partial charge >= 0.3 is 5.97 Å². The highest BCUT2D eigenvalue weighted by molar-refractivity contribution is 5.99. The second-order valence-corrected chi connectivity index (χ2v) is 8.57. The number of ketones is 1. The fraction of sp³-hybridized carbons (Fsp3) is 0.630. The summed E-state index contributed by atoms with van der Waals surface area (Å²) in [5.41, 5.74) is 5.44. The molecule has 0 bridgehead atoms. The third-order valence-corrected chi connectivity index (χ3v) is 5.28. The maximum Gasteiger partial charge on any atom is 0.316 e. The molecule has 4 nitrogen and oxygen atoms in total. The van der Waals surface area contributed by atoms with E-state index in [-0.39, 0.29) is 12.2 Å². The fourth-order valence-corrected chi connectivity index (χ4v) is 3.18. The summed E-state index contributed by atoms with van der Waals surface area (Å²) in [5.74, 6) is -1.33. The van der Waals surface area contributed by atoms with E-state index in [1.165, 1.54) is 29.4 Å². The molecule has 0 fully saturated rings. The number of ether oxygens (including phenoxy) is 2. The Balaban J connectivity index is 4.46. The molecular formula is C27H44O4. The summed E-state index contributed by atoms with van der Waals surface area (Å²) >= 11 is 0. The molecule has 1 atom stereocenters. The Labute approximate surface area is 190 Å². The first-order valence-corrected chi connectivity index (χ1v) is 11.4. The minimum Gasteiger partial charge on any atom is -0.468 e. The minimum absolute atomic E-state index is 0.127. The number of carbonyl (C=O) groups excluding carboxylic acids is 2. The van der Waals surface area contributed by atoms with Crippen molar-refractivity contribution in [3.05, 3.63) is 46.6 Å². The van der Waals surface area contributed by atoms with Crippen LogP contribution in [0.3, 0.4) is 0 Å². The zero-order valence-electron chi connectivity index (χ0n) is 20.9. The first-order valence-electron chi connectivity index (χ1n) is 11.4. The van der Waals surface area contributed by atoms with E-state index in [1.54, 1.807) is 7.11 Å². The molecule has 0 radical (unpaired) electrons. The van der Waals surface area contributed by atoms with Crippen LogP contribution in [0.2, 0.25) is 0 Å². The topological polar surface area (TPSA) is 52.6 Å². The van der Waals surface area contributed by atoms with Crippen LogP contribution in [0.1, 0.15) is 86.0 Å². The Hall–Kier alpha value is -1.94. The smallest absolute Gasteiger partial charge is 0.316 e. The average molecular weight is 433 g/mol. The van der Waals surface area contributed by atoms with Gasteiger partial charge in [0.25, 0.3) is 0 Å². The summed E-state index contributed by atoms with van der Waals surface area (Å²) in [4.78, 5) is 24.2. The van der Waals surface area contributed by atoms with Crippen LogP contribution in [0.5, 0.6) is 0 Å². The lowest BCUT2D eigenvalue weighted by atomic mass is 9.96. The van der Waals surface area contributed by atoms with Crippen molar-refractivity contribution in [1.82, 2.24) is 0 Å². The van der Waals surface area contributed by atoms with E-state index in [4.69, 9.17) is 9.47 Å². The number of methoxy groups -OCH3 is 2. The predicted molar refractivity (Wildman–Crippen MR) is 130 cm³/mol. The molecule has 0 aliphatic rings. The second-order valence-electron chi connectivity index (χ2n) is 8.57. The molecule has 0 aliphatic heterocycles. The highest BCUT2D eigenvalue weighted by Crippen LogP contribution is 2.16. The highest BCUT2D eigenvalue weighted by Gasteiger charge is 2.25. The van der Waals surface area contributed by atoms with Gasteiger partial charge in [-0.3, -0.25) is 9.59 Å². The van der Waals surface area contributed by atoms with Gasteiger partial charge in [0.15, 0.2) is 0 Å². The van der Waals surface area contributed by atoms with Crippen LogP contribution >= 0.6 is 0 Å². The van der Waals surface area contributed by atoms with Gasteiger partial charge in [-0.15, -0.1) is 0 Å². The van der Waals surface area contributed by atoms with Gasteiger partial charge in [-0.25, -0.2) is 0 Å². The minimum atomic E-state index is -0.737. The van der Waals surface area contributed by atoms with Crippen molar-refractivity contribution >= 4 is 11.8 Å². The number of Topliss-reactive ketones (excluding diaryl/α,β-unsaturated/α-hetero) is 1. The van der Waals surface area contributed by atoms with E-state index in [1.807, 2.05) is 6.08 Å². The SMILES string of the molecule is COCCC(=O)C(CC=C(C)CCC=C(C)CCC=C(C)CCC=C(C)C)C(=O)OC. The van der Waals surface area contributed by atoms with E-state index in [0.717, 1.165) is 38.5 Å². The van der Waals surface area contributed by atoms with Crippen molar-refractivity contribution in [3.8, 4) is 0 Å². The molecule has 0 aromatic rings. The maximum atomic E-state index is 12.2. The standard InChI is InChI=1S/C27H44O4/c1-21(2)11-8-12-22(3)13-9-14-23(4)15-10-16-24(5)17-18-25(27(29)31-7)26(28)19-20-30-6/h11,13,15,17,25H,8-10,12,14,16,18-20H2,1-7H3. The highest BCUT2D eigenvalue weighted by atomic mass is 16.5. The zero-order chi connectivity index (χ0) is 23.6. The Morgan fingerprint density at radius 3 is 1.65 bits per heavy atom. The summed E-state index contributed by atoms with van der Waals surface area (Å²) in [5, 5.41) is 0. The molecular weight excluding hydrogens is 388 g/mol. The van der Waals surface area contributed by atoms with E-state index in [2.05, 4.69) is 52.8 Å². The largest absolute Gasteiger partial charge is 0.468 e. The summed E-state index contributed by atoms with van der Waals surface area (Å²) in [7, 11) is 2.87. The zero-order valence-corrected chi connectivity index (χ0v) is 20.9. The third-order valence-electron chi connectivity index (χ3n) is 5.28. The number of hydrogen-bond acceptors (Lipinski definition) is 4. The molecule has 1 unspecified atom stereocenters. The molecule has 0 aliphatic carbocycles. The summed E-state index contributed by atoms with van der Waals surface area (Å²) < 4.78 is 9.74. The van der Waals surface area contributed by atoms with Crippen molar-refractivity contribution in [3.63, 3.8) is 0 Å². The fourth-order valence-electron chi connectivity index (χ4n) is 3.18. The van der Waals surface area contributed by atoms with Crippen LogP contribution in [0.25, 0.3) is 0 Å². The second kappa shape index (κ2) is 17.7. The molecule has 176 valence electrons. The van der Waals surface area contributed by atoms with Crippen LogP contribution in [0, 0.1) is 5.92 Å². The Morgan fingerprint density at radius 2 is 1.19 bits per heavy atom. The Kier molecular flexibility index (Phi) is 16.6. The van der Waals surface area contributed by atoms with E-state index in [0.29, 0.717) is 13.0 Å². The third kappa shape index (κ3) is 15.5. The molecule has 0 amide bonds. The van der Waals surface area contributed by atoms with Gasteiger partial charge in [0, 0.05) is 13.5 Å². The first-order chi connectivity index (χ1) is 14.7. The maximum absolute atomic E-state index is 12.2. The van der Waals surface area contributed by atoms with Crippen LogP contribution in [-0.4, -0.2) is 32.6 Å². The lowest BCUT2D eigenvalue weighted by molar-refractivity contribution is -0.149. The molecule has 0 saturated heterocycles. The molecule has 0 heterocycles. The van der Waals surface area contributed by atoms with Crippen molar-refractivity contribution in [2.24, 2.45) is 5.92 Å². The lowest BCUT2D eigenvalue weighted by Gasteiger charge is -2.12. The lowest BCUT2D eigenvalue weighted by Crippen LogP contribution is -2.25. The molecule has 0 aromatic heterocycles. The number of allylic oxidation sites excluding steroid dienone is 8. The molecule has 0 saturated carbocycles. The Bertz CT molecular complexity index is 661. The summed E-state index contributed by atoms with van der Waals surface area (Å²) in [6.45, 7) is 11.1. The van der Waals surface area contributed by atoms with Crippen LogP contribution in [0.4, 0.5) is 0 Å². The molecule has 0 aromatic carbocycles. The molecule has 0 rings (SSSR count). The van der Waals surface area contributed by atoms with E-state index in [9.17, 15) is 9.59 Å². The first kappa shape index (κ1) is 29.1.